The zero-order valence-electron chi connectivity index (χ0n) is 13.6. The van der Waals surface area contributed by atoms with Gasteiger partial charge < -0.3 is 9.84 Å². The number of amides is 1. The first-order chi connectivity index (χ1) is 11.6. The standard InChI is InChI=1S/C16H18F4N2O3/c1-9(2)10-3-5-11(6-4-10)25-8-13(23)22-16(24,15(19)20)7-12(21-22)14(17)18/h3-6,9,14-15,24H,7-8H2,1-2H3/t16-/m1/s1. The highest BCUT2D eigenvalue weighted by molar-refractivity contribution is 5.93. The fourth-order valence-electron chi connectivity index (χ4n) is 2.31. The first-order valence-electron chi connectivity index (χ1n) is 7.57. The van der Waals surface area contributed by atoms with E-state index >= 15 is 0 Å². The Morgan fingerprint density at radius 2 is 1.88 bits per heavy atom. The van der Waals surface area contributed by atoms with Gasteiger partial charge in [-0.25, -0.2) is 17.6 Å². The summed E-state index contributed by atoms with van der Waals surface area (Å²) in [6.07, 6.45) is -7.72. The molecule has 138 valence electrons. The molecule has 1 aliphatic heterocycles. The molecule has 1 atom stereocenters. The number of ether oxygens (including phenoxy) is 1. The second-order valence-corrected chi connectivity index (χ2v) is 5.97. The predicted octanol–water partition coefficient (Wildman–Crippen LogP) is 3.00. The minimum Gasteiger partial charge on any atom is -0.484 e. The monoisotopic (exact) mass is 362 g/mol. The Hall–Kier alpha value is -2.16. The molecule has 1 N–H and O–H groups in total. The van der Waals surface area contributed by atoms with Crippen molar-refractivity contribution in [3.8, 4) is 5.75 Å². The molecule has 0 aliphatic carbocycles. The van der Waals surface area contributed by atoms with Crippen LogP contribution in [-0.4, -0.2) is 46.9 Å². The summed E-state index contributed by atoms with van der Waals surface area (Å²) >= 11 is 0. The maximum absolute atomic E-state index is 13.1. The molecular formula is C16H18F4N2O3. The first-order valence-corrected chi connectivity index (χ1v) is 7.57. The molecule has 9 heteroatoms. The first kappa shape index (κ1) is 19.2. The third-order valence-corrected chi connectivity index (χ3v) is 3.78. The van der Waals surface area contributed by atoms with Crippen LogP contribution in [0.5, 0.6) is 5.75 Å². The summed E-state index contributed by atoms with van der Waals surface area (Å²) in [5, 5.41) is 13.0. The largest absolute Gasteiger partial charge is 0.484 e. The molecule has 0 spiro atoms. The van der Waals surface area contributed by atoms with Gasteiger partial charge in [-0.15, -0.1) is 0 Å². The average Bonchev–Trinajstić information content (AvgIpc) is 2.92. The van der Waals surface area contributed by atoms with Crippen LogP contribution in [0.1, 0.15) is 31.7 Å². The van der Waals surface area contributed by atoms with Crippen molar-refractivity contribution in [2.45, 2.75) is 44.8 Å². The lowest BCUT2D eigenvalue weighted by atomic mass is 10.0. The van der Waals surface area contributed by atoms with Crippen molar-refractivity contribution in [3.63, 3.8) is 0 Å². The van der Waals surface area contributed by atoms with Crippen LogP contribution in [0.15, 0.2) is 29.4 Å². The van der Waals surface area contributed by atoms with Crippen molar-refractivity contribution >= 4 is 11.6 Å². The SMILES string of the molecule is CC(C)c1ccc(OCC(=O)N2N=C(C(F)F)C[C@@]2(O)C(F)F)cc1. The Morgan fingerprint density at radius 1 is 1.28 bits per heavy atom. The van der Waals surface area contributed by atoms with Crippen LogP contribution in [0.4, 0.5) is 17.6 Å². The fraction of sp³-hybridized carbons (Fsp3) is 0.500. The molecular weight excluding hydrogens is 344 g/mol. The summed E-state index contributed by atoms with van der Waals surface area (Å²) in [6.45, 7) is 3.27. The number of halogens is 4. The van der Waals surface area contributed by atoms with Gasteiger partial charge >= 0.3 is 0 Å². The van der Waals surface area contributed by atoms with Crippen LogP contribution < -0.4 is 4.74 Å². The van der Waals surface area contributed by atoms with E-state index in [4.69, 9.17) is 4.74 Å². The van der Waals surface area contributed by atoms with Gasteiger partial charge in [0.25, 0.3) is 18.8 Å². The molecule has 1 aliphatic rings. The van der Waals surface area contributed by atoms with E-state index in [2.05, 4.69) is 5.10 Å². The number of aliphatic hydroxyl groups is 1. The summed E-state index contributed by atoms with van der Waals surface area (Å²) in [5.74, 6) is -0.551. The Morgan fingerprint density at radius 3 is 2.36 bits per heavy atom. The number of rotatable bonds is 6. The van der Waals surface area contributed by atoms with E-state index in [1.165, 1.54) is 0 Å². The predicted molar refractivity (Wildman–Crippen MR) is 81.9 cm³/mol. The topological polar surface area (TPSA) is 62.1 Å². The van der Waals surface area contributed by atoms with E-state index < -0.39 is 43.2 Å². The van der Waals surface area contributed by atoms with Crippen LogP contribution in [0.3, 0.4) is 0 Å². The van der Waals surface area contributed by atoms with Gasteiger partial charge in [0.05, 0.1) is 0 Å². The zero-order valence-corrected chi connectivity index (χ0v) is 13.6. The molecule has 0 bridgehead atoms. The maximum atomic E-state index is 13.1. The summed E-state index contributed by atoms with van der Waals surface area (Å²) in [7, 11) is 0. The van der Waals surface area contributed by atoms with E-state index in [0.717, 1.165) is 5.56 Å². The van der Waals surface area contributed by atoms with Crippen LogP contribution >= 0.6 is 0 Å². The molecule has 1 aromatic rings. The highest BCUT2D eigenvalue weighted by Crippen LogP contribution is 2.33. The highest BCUT2D eigenvalue weighted by atomic mass is 19.3. The van der Waals surface area contributed by atoms with Crippen molar-refractivity contribution in [2.24, 2.45) is 5.10 Å². The lowest BCUT2D eigenvalue weighted by molar-refractivity contribution is -0.193. The van der Waals surface area contributed by atoms with E-state index in [1.54, 1.807) is 24.3 Å². The quantitative estimate of drug-likeness (QED) is 0.792. The Balaban J connectivity index is 2.07. The van der Waals surface area contributed by atoms with Crippen molar-refractivity contribution in [2.75, 3.05) is 6.61 Å². The van der Waals surface area contributed by atoms with Gasteiger partial charge in [0, 0.05) is 6.42 Å². The molecule has 25 heavy (non-hydrogen) atoms. The average molecular weight is 362 g/mol. The molecule has 5 nitrogen and oxygen atoms in total. The molecule has 1 amide bonds. The van der Waals surface area contributed by atoms with Gasteiger partial charge in [-0.05, 0) is 23.6 Å². The molecule has 2 rings (SSSR count). The number of hydrazone groups is 1. The van der Waals surface area contributed by atoms with Gasteiger partial charge in [-0.2, -0.15) is 10.1 Å². The second-order valence-electron chi connectivity index (χ2n) is 5.97. The van der Waals surface area contributed by atoms with Gasteiger partial charge in [-0.3, -0.25) is 4.79 Å². The van der Waals surface area contributed by atoms with Gasteiger partial charge in [-0.1, -0.05) is 26.0 Å². The smallest absolute Gasteiger partial charge is 0.287 e. The molecule has 1 aromatic carbocycles. The van der Waals surface area contributed by atoms with Crippen molar-refractivity contribution in [3.05, 3.63) is 29.8 Å². The lowest BCUT2D eigenvalue weighted by Gasteiger charge is -2.29. The van der Waals surface area contributed by atoms with Crippen LogP contribution in [0.2, 0.25) is 0 Å². The van der Waals surface area contributed by atoms with Gasteiger partial charge in [0.15, 0.2) is 6.61 Å². The van der Waals surface area contributed by atoms with E-state index in [1.807, 2.05) is 13.8 Å². The molecule has 0 saturated heterocycles. The molecule has 0 unspecified atom stereocenters. The Labute approximate surface area is 141 Å². The number of hydrogen-bond acceptors (Lipinski definition) is 4. The number of benzene rings is 1. The van der Waals surface area contributed by atoms with Crippen LogP contribution in [-0.2, 0) is 4.79 Å². The highest BCUT2D eigenvalue weighted by Gasteiger charge is 2.53. The number of alkyl halides is 4. The van der Waals surface area contributed by atoms with Gasteiger partial charge in [0.2, 0.25) is 5.72 Å². The Bertz CT molecular complexity index is 649. The van der Waals surface area contributed by atoms with E-state index in [0.29, 0.717) is 11.7 Å². The van der Waals surface area contributed by atoms with Crippen molar-refractivity contribution in [1.82, 2.24) is 5.01 Å². The number of nitrogens with zero attached hydrogens (tertiary/aromatic N) is 2. The summed E-state index contributed by atoms with van der Waals surface area (Å²) < 4.78 is 56.6. The number of hydrogen-bond donors (Lipinski definition) is 1. The normalized spacial score (nSPS) is 20.6. The summed E-state index contributed by atoms with van der Waals surface area (Å²) in [5.41, 5.74) is -3.03. The molecule has 0 saturated carbocycles. The molecule has 0 radical (unpaired) electrons. The fourth-order valence-corrected chi connectivity index (χ4v) is 2.31. The lowest BCUT2D eigenvalue weighted by Crippen LogP contribution is -2.52. The minimum atomic E-state index is -3.46. The Kier molecular flexibility index (Phi) is 5.66. The summed E-state index contributed by atoms with van der Waals surface area (Å²) in [4.78, 5) is 12.0. The second kappa shape index (κ2) is 7.38. The van der Waals surface area contributed by atoms with Gasteiger partial charge in [0.1, 0.15) is 11.5 Å². The molecule has 0 aromatic heterocycles. The number of carbonyl (C=O) groups excluding carboxylic acids is 1. The number of carbonyl (C=O) groups is 1. The molecule has 1 heterocycles. The maximum Gasteiger partial charge on any atom is 0.287 e. The van der Waals surface area contributed by atoms with E-state index in [9.17, 15) is 27.5 Å². The van der Waals surface area contributed by atoms with Crippen molar-refractivity contribution in [1.29, 1.82) is 0 Å². The third kappa shape index (κ3) is 4.09. The van der Waals surface area contributed by atoms with Crippen molar-refractivity contribution < 1.29 is 32.2 Å². The summed E-state index contributed by atoms with van der Waals surface area (Å²) in [6, 6.07) is 6.76. The third-order valence-electron chi connectivity index (χ3n) is 3.78. The van der Waals surface area contributed by atoms with Crippen LogP contribution in [0, 0.1) is 0 Å². The molecule has 0 fully saturated rings. The zero-order chi connectivity index (χ0) is 18.8. The van der Waals surface area contributed by atoms with Crippen LogP contribution in [0.25, 0.3) is 0 Å². The van der Waals surface area contributed by atoms with E-state index in [-0.39, 0.29) is 5.01 Å². The minimum absolute atomic E-state index is 0.0123.